The predicted octanol–water partition coefficient (Wildman–Crippen LogP) is 3.81. The highest BCUT2D eigenvalue weighted by molar-refractivity contribution is 6.30. The second-order valence-electron chi connectivity index (χ2n) is 5.37. The molecule has 1 unspecified atom stereocenters. The molecule has 1 saturated carbocycles. The summed E-state index contributed by atoms with van der Waals surface area (Å²) in [6, 6.07) is 8.25. The fourth-order valence-corrected chi connectivity index (χ4v) is 3.13. The highest BCUT2D eigenvalue weighted by Crippen LogP contribution is 2.45. The summed E-state index contributed by atoms with van der Waals surface area (Å²) >= 11 is 5.93. The van der Waals surface area contributed by atoms with Crippen LogP contribution >= 0.6 is 11.6 Å². The van der Waals surface area contributed by atoms with Gasteiger partial charge in [-0.05, 0) is 36.0 Å². The van der Waals surface area contributed by atoms with E-state index in [9.17, 15) is 0 Å². The molecule has 0 spiro atoms. The van der Waals surface area contributed by atoms with E-state index in [1.807, 2.05) is 12.1 Å². The molecule has 1 aliphatic rings. The number of halogens is 1. The Kier molecular flexibility index (Phi) is 4.08. The van der Waals surface area contributed by atoms with Gasteiger partial charge < -0.3 is 0 Å². The molecule has 1 aromatic carbocycles. The van der Waals surface area contributed by atoms with Crippen LogP contribution in [0.2, 0.25) is 5.02 Å². The molecule has 1 aromatic rings. The molecule has 0 bridgehead atoms. The molecule has 0 amide bonds. The van der Waals surface area contributed by atoms with Gasteiger partial charge in [0.05, 0.1) is 6.04 Å². The van der Waals surface area contributed by atoms with Gasteiger partial charge in [0.25, 0.3) is 0 Å². The van der Waals surface area contributed by atoms with E-state index in [4.69, 9.17) is 17.4 Å². The normalized spacial score (nSPS) is 21.1. The highest BCUT2D eigenvalue weighted by Gasteiger charge is 2.35. The van der Waals surface area contributed by atoms with Crippen molar-refractivity contribution in [3.05, 3.63) is 34.9 Å². The molecule has 1 fully saturated rings. The summed E-state index contributed by atoms with van der Waals surface area (Å²) in [5, 5.41) is 0.776. The number of rotatable bonds is 3. The lowest BCUT2D eigenvalue weighted by Gasteiger charge is -2.40. The van der Waals surface area contributed by atoms with E-state index in [-0.39, 0.29) is 11.5 Å². The number of nitrogens with two attached hydrogens (primary N) is 1. The third-order valence-electron chi connectivity index (χ3n) is 4.06. The van der Waals surface area contributed by atoms with Crippen LogP contribution in [0.3, 0.4) is 0 Å². The first-order valence-electron chi connectivity index (χ1n) is 6.37. The maximum absolute atomic E-state index is 5.93. The first kappa shape index (κ1) is 12.9. The van der Waals surface area contributed by atoms with E-state index in [0.29, 0.717) is 0 Å². The zero-order valence-electron chi connectivity index (χ0n) is 10.4. The number of hydrazine groups is 1. The van der Waals surface area contributed by atoms with Crippen molar-refractivity contribution in [2.45, 2.75) is 45.1 Å². The van der Waals surface area contributed by atoms with Crippen molar-refractivity contribution in [1.82, 2.24) is 5.43 Å². The summed E-state index contributed by atoms with van der Waals surface area (Å²) in [5.41, 5.74) is 4.51. The zero-order chi connectivity index (χ0) is 12.3. The first-order chi connectivity index (χ1) is 8.15. The molecule has 94 valence electrons. The number of hydrogen-bond acceptors (Lipinski definition) is 2. The number of nitrogens with one attached hydrogen (secondary N) is 1. The molecule has 17 heavy (non-hydrogen) atoms. The molecule has 0 heterocycles. The summed E-state index contributed by atoms with van der Waals surface area (Å²) in [5.74, 6) is 5.78. The summed E-state index contributed by atoms with van der Waals surface area (Å²) in [7, 11) is 0. The molecule has 1 atom stereocenters. The van der Waals surface area contributed by atoms with Crippen LogP contribution in [-0.2, 0) is 0 Å². The summed E-state index contributed by atoms with van der Waals surface area (Å²) in [6.07, 6.45) is 6.45. The van der Waals surface area contributed by atoms with E-state index in [2.05, 4.69) is 24.5 Å². The third-order valence-corrected chi connectivity index (χ3v) is 4.31. The Morgan fingerprint density at radius 3 is 2.29 bits per heavy atom. The average molecular weight is 253 g/mol. The van der Waals surface area contributed by atoms with E-state index in [1.54, 1.807) is 0 Å². The number of hydrogen-bond donors (Lipinski definition) is 2. The van der Waals surface area contributed by atoms with Crippen LogP contribution in [0.5, 0.6) is 0 Å². The Morgan fingerprint density at radius 1 is 1.18 bits per heavy atom. The minimum absolute atomic E-state index is 0.222. The van der Waals surface area contributed by atoms with Crippen molar-refractivity contribution in [2.24, 2.45) is 11.3 Å². The quantitative estimate of drug-likeness (QED) is 0.634. The molecular weight excluding hydrogens is 232 g/mol. The van der Waals surface area contributed by atoms with Gasteiger partial charge in [0.1, 0.15) is 0 Å². The highest BCUT2D eigenvalue weighted by atomic mass is 35.5. The van der Waals surface area contributed by atoms with Crippen molar-refractivity contribution in [3.63, 3.8) is 0 Å². The Morgan fingerprint density at radius 2 is 1.76 bits per heavy atom. The Hall–Kier alpha value is -0.570. The lowest BCUT2D eigenvalue weighted by molar-refractivity contribution is 0.145. The third kappa shape index (κ3) is 2.82. The van der Waals surface area contributed by atoms with Gasteiger partial charge in [-0.25, -0.2) is 0 Å². The summed E-state index contributed by atoms with van der Waals surface area (Å²) in [6.45, 7) is 2.34. The van der Waals surface area contributed by atoms with Gasteiger partial charge in [-0.15, -0.1) is 0 Å². The van der Waals surface area contributed by atoms with Gasteiger partial charge in [0.15, 0.2) is 0 Å². The molecule has 1 aliphatic carbocycles. The molecule has 0 radical (unpaired) electrons. The van der Waals surface area contributed by atoms with Gasteiger partial charge in [0, 0.05) is 5.02 Å². The van der Waals surface area contributed by atoms with Crippen molar-refractivity contribution < 1.29 is 0 Å². The molecule has 0 aliphatic heterocycles. The maximum Gasteiger partial charge on any atom is 0.0513 e. The largest absolute Gasteiger partial charge is 0.271 e. The first-order valence-corrected chi connectivity index (χ1v) is 6.75. The molecule has 2 nitrogen and oxygen atoms in total. The van der Waals surface area contributed by atoms with Crippen LogP contribution in [-0.4, -0.2) is 0 Å². The maximum atomic E-state index is 5.93. The predicted molar refractivity (Wildman–Crippen MR) is 72.7 cm³/mol. The molecule has 0 aromatic heterocycles. The second kappa shape index (κ2) is 5.38. The van der Waals surface area contributed by atoms with Crippen LogP contribution in [0.1, 0.15) is 50.6 Å². The minimum Gasteiger partial charge on any atom is -0.271 e. The number of benzene rings is 1. The van der Waals surface area contributed by atoms with Crippen molar-refractivity contribution in [2.75, 3.05) is 0 Å². The van der Waals surface area contributed by atoms with Crippen molar-refractivity contribution in [3.8, 4) is 0 Å². The van der Waals surface area contributed by atoms with Crippen LogP contribution in [0.4, 0.5) is 0 Å². The van der Waals surface area contributed by atoms with Crippen LogP contribution in [0.25, 0.3) is 0 Å². The van der Waals surface area contributed by atoms with E-state index in [0.717, 1.165) is 5.02 Å². The lowest BCUT2D eigenvalue weighted by atomic mass is 9.69. The van der Waals surface area contributed by atoms with Gasteiger partial charge >= 0.3 is 0 Å². The fourth-order valence-electron chi connectivity index (χ4n) is 3.00. The Bertz CT molecular complexity index is 355. The van der Waals surface area contributed by atoms with E-state index in [1.165, 1.54) is 37.7 Å². The average Bonchev–Trinajstić information content (AvgIpc) is 2.33. The molecular formula is C14H21ClN2. The SMILES string of the molecule is CC1(C(NN)c2ccc(Cl)cc2)CCCCC1. The van der Waals surface area contributed by atoms with Crippen molar-refractivity contribution >= 4 is 11.6 Å². The van der Waals surface area contributed by atoms with Crippen LogP contribution in [0.15, 0.2) is 24.3 Å². The van der Waals surface area contributed by atoms with Crippen LogP contribution in [0, 0.1) is 5.41 Å². The standard InChI is InChI=1S/C14H21ClN2/c1-14(9-3-2-4-10-14)13(17-16)11-5-7-12(15)8-6-11/h5-8,13,17H,2-4,9-10,16H2,1H3. The van der Waals surface area contributed by atoms with Gasteiger partial charge in [0.2, 0.25) is 0 Å². The molecule has 3 heteroatoms. The fraction of sp³-hybridized carbons (Fsp3) is 0.571. The summed E-state index contributed by atoms with van der Waals surface area (Å²) in [4.78, 5) is 0. The van der Waals surface area contributed by atoms with Gasteiger partial charge in [-0.2, -0.15) is 0 Å². The van der Waals surface area contributed by atoms with Crippen molar-refractivity contribution in [1.29, 1.82) is 0 Å². The zero-order valence-corrected chi connectivity index (χ0v) is 11.1. The van der Waals surface area contributed by atoms with E-state index >= 15 is 0 Å². The molecule has 3 N–H and O–H groups in total. The molecule has 0 saturated heterocycles. The lowest BCUT2D eigenvalue weighted by Crippen LogP contribution is -2.41. The monoisotopic (exact) mass is 252 g/mol. The summed E-state index contributed by atoms with van der Waals surface area (Å²) < 4.78 is 0. The smallest absolute Gasteiger partial charge is 0.0513 e. The van der Waals surface area contributed by atoms with Gasteiger partial charge in [-0.3, -0.25) is 11.3 Å². The topological polar surface area (TPSA) is 38.0 Å². The van der Waals surface area contributed by atoms with E-state index < -0.39 is 0 Å². The Labute approximate surface area is 109 Å². The van der Waals surface area contributed by atoms with Crippen LogP contribution < -0.4 is 11.3 Å². The second-order valence-corrected chi connectivity index (χ2v) is 5.80. The van der Waals surface area contributed by atoms with Gasteiger partial charge in [-0.1, -0.05) is 49.9 Å². The molecule has 2 rings (SSSR count). The minimum atomic E-state index is 0.222. The Balaban J connectivity index is 2.22.